The van der Waals surface area contributed by atoms with Gasteiger partial charge in [-0.15, -0.1) is 39.7 Å². The summed E-state index contributed by atoms with van der Waals surface area (Å²) in [5, 5.41) is 5.39. The first kappa shape index (κ1) is 32.2. The van der Waals surface area contributed by atoms with Crippen molar-refractivity contribution in [3.63, 3.8) is 0 Å². The zero-order chi connectivity index (χ0) is 23.8. The Kier molecular flexibility index (Phi) is 14.1. The molecule has 0 heterocycles. The van der Waals surface area contributed by atoms with E-state index >= 15 is 0 Å². The Balaban J connectivity index is 0.000000266. The van der Waals surface area contributed by atoms with E-state index in [0.29, 0.717) is 11.3 Å². The van der Waals surface area contributed by atoms with Crippen LogP contribution in [0.1, 0.15) is 79.6 Å². The van der Waals surface area contributed by atoms with Crippen molar-refractivity contribution in [1.29, 1.82) is 0 Å². The van der Waals surface area contributed by atoms with E-state index in [0.717, 1.165) is 6.42 Å². The third-order valence-electron chi connectivity index (χ3n) is 6.63. The number of benzene rings is 2. The van der Waals surface area contributed by atoms with E-state index in [1.54, 1.807) is 27.4 Å². The van der Waals surface area contributed by atoms with Gasteiger partial charge in [-0.25, -0.2) is 5.57 Å². The fraction of sp³-hybridized carbons (Fsp3) is 0.438. The summed E-state index contributed by atoms with van der Waals surface area (Å²) in [5.41, 5.74) is 3.25. The zero-order valence-electron chi connectivity index (χ0n) is 22.1. The fourth-order valence-corrected chi connectivity index (χ4v) is 5.61. The van der Waals surface area contributed by atoms with Gasteiger partial charge in [0.05, 0.1) is 0 Å². The van der Waals surface area contributed by atoms with E-state index < -0.39 is 0 Å². The maximum atomic E-state index is 3.57. The molecule has 0 bridgehead atoms. The Morgan fingerprint density at radius 1 is 0.857 bits per heavy atom. The first-order valence-corrected chi connectivity index (χ1v) is 14.0. The molecule has 0 radical (unpaired) electrons. The second-order valence-corrected chi connectivity index (χ2v) is 12.0. The van der Waals surface area contributed by atoms with Crippen molar-refractivity contribution in [1.82, 2.24) is 0 Å². The molecular weight excluding hydrogens is 546 g/mol. The molecular formula is C32H40Cl2Zr-2. The van der Waals surface area contributed by atoms with E-state index in [2.05, 4.69) is 101 Å². The van der Waals surface area contributed by atoms with Crippen molar-refractivity contribution in [2.24, 2.45) is 11.3 Å². The number of halogens is 2. The molecule has 3 heteroatoms. The average molecular weight is 587 g/mol. The molecule has 0 saturated heterocycles. The van der Waals surface area contributed by atoms with Gasteiger partial charge in [0.1, 0.15) is 0 Å². The molecule has 0 aromatic heterocycles. The molecule has 0 amide bonds. The minimum atomic E-state index is 0. The molecule has 0 spiro atoms. The van der Waals surface area contributed by atoms with Crippen molar-refractivity contribution in [3.05, 3.63) is 77.9 Å². The molecule has 2 aliphatic rings. The van der Waals surface area contributed by atoms with Crippen LogP contribution in [0.15, 0.2) is 71.8 Å². The van der Waals surface area contributed by atoms with E-state index in [1.807, 2.05) is 0 Å². The van der Waals surface area contributed by atoms with Crippen molar-refractivity contribution < 1.29 is 49.0 Å². The summed E-state index contributed by atoms with van der Waals surface area (Å²) in [6.07, 6.45) is 15.6. The van der Waals surface area contributed by atoms with Crippen molar-refractivity contribution in [3.8, 4) is 0 Å². The molecule has 1 fully saturated rings. The minimum absolute atomic E-state index is 0. The zero-order valence-corrected chi connectivity index (χ0v) is 26.0. The normalized spacial score (nSPS) is 17.2. The van der Waals surface area contributed by atoms with Crippen molar-refractivity contribution in [2.75, 3.05) is 0 Å². The first-order chi connectivity index (χ1) is 15.8. The molecule has 5 rings (SSSR count). The Labute approximate surface area is 241 Å². The van der Waals surface area contributed by atoms with Gasteiger partial charge in [-0.1, -0.05) is 95.2 Å². The molecule has 2 aliphatic carbocycles. The second-order valence-electron chi connectivity index (χ2n) is 10.3. The van der Waals surface area contributed by atoms with E-state index in [1.165, 1.54) is 71.2 Å². The van der Waals surface area contributed by atoms with E-state index in [4.69, 9.17) is 0 Å². The summed E-state index contributed by atoms with van der Waals surface area (Å²) in [6, 6.07) is 19.3. The average Bonchev–Trinajstić information content (AvgIpc) is 3.42. The van der Waals surface area contributed by atoms with Gasteiger partial charge in [0.2, 0.25) is 0 Å². The Morgan fingerprint density at radius 2 is 1.37 bits per heavy atom. The molecule has 1 atom stereocenters. The van der Waals surface area contributed by atoms with Crippen LogP contribution in [0.25, 0.3) is 21.5 Å². The standard InChI is InChI=1S/C13H9.C13H21.C6H10.2ClH.Zr/c1-3-7-12-10(5-1)9-11-6-2-4-8-13(11)12;1-6-10-8-11(7-2)12(9-10)13(3,4)5;1-2-4-6-5-3-1;;;/h1-9H;9-10H,6-7H2,1-5H3;1-5H2;2*1H;/q2*-1;;;;+2/p-2. The van der Waals surface area contributed by atoms with Crippen LogP contribution in [-0.4, -0.2) is 3.21 Å². The van der Waals surface area contributed by atoms with Gasteiger partial charge in [0.25, 0.3) is 0 Å². The van der Waals surface area contributed by atoms with Crippen LogP contribution in [0.2, 0.25) is 0 Å². The van der Waals surface area contributed by atoms with Crippen LogP contribution < -0.4 is 24.8 Å². The summed E-state index contributed by atoms with van der Waals surface area (Å²) in [4.78, 5) is 0. The molecule has 3 aromatic carbocycles. The van der Waals surface area contributed by atoms with Crippen LogP contribution in [-0.2, 0) is 24.2 Å². The first-order valence-electron chi connectivity index (χ1n) is 12.8. The number of fused-ring (bicyclic) bond motifs is 3. The minimum Gasteiger partial charge on any atom is -0.126 e. The second kappa shape index (κ2) is 15.4. The Hall–Kier alpha value is -0.877. The van der Waals surface area contributed by atoms with Gasteiger partial charge in [0.15, 0.2) is 0 Å². The molecule has 0 nitrogen and oxygen atoms in total. The molecule has 35 heavy (non-hydrogen) atoms. The van der Waals surface area contributed by atoms with Gasteiger partial charge in [-0.3, -0.25) is 6.08 Å². The topological polar surface area (TPSA) is 0 Å². The Morgan fingerprint density at radius 3 is 1.74 bits per heavy atom. The van der Waals surface area contributed by atoms with Gasteiger partial charge < -0.3 is 24.8 Å². The summed E-state index contributed by atoms with van der Waals surface area (Å²) < 4.78 is 1.80. The van der Waals surface area contributed by atoms with Gasteiger partial charge >= 0.3 is 59.5 Å². The molecule has 1 unspecified atom stereocenters. The van der Waals surface area contributed by atoms with Crippen molar-refractivity contribution in [2.45, 2.75) is 79.6 Å². The van der Waals surface area contributed by atoms with Crippen LogP contribution in [0.5, 0.6) is 0 Å². The fourth-order valence-electron chi connectivity index (χ4n) is 4.74. The van der Waals surface area contributed by atoms with Crippen LogP contribution in [0.4, 0.5) is 0 Å². The maximum Gasteiger partial charge on any atom is -0.0771 e. The number of hydrogen-bond donors (Lipinski definition) is 0. The predicted molar refractivity (Wildman–Crippen MR) is 144 cm³/mol. The third-order valence-corrected chi connectivity index (χ3v) is 7.86. The largest absolute Gasteiger partial charge is 0.126 e. The predicted octanol–water partition coefficient (Wildman–Crippen LogP) is 3.53. The summed E-state index contributed by atoms with van der Waals surface area (Å²) in [5.74, 6) is 0.573. The van der Waals surface area contributed by atoms with Gasteiger partial charge in [-0.05, 0) is 0 Å². The van der Waals surface area contributed by atoms with E-state index in [-0.39, 0.29) is 24.8 Å². The molecule has 0 aliphatic heterocycles. The smallest absolute Gasteiger partial charge is 0.0771 e. The monoisotopic (exact) mass is 584 g/mol. The molecule has 0 N–H and O–H groups in total. The van der Waals surface area contributed by atoms with Crippen LogP contribution in [0, 0.1) is 17.4 Å². The van der Waals surface area contributed by atoms with Gasteiger partial charge in [-0.2, -0.15) is 11.6 Å². The molecule has 188 valence electrons. The van der Waals surface area contributed by atoms with Crippen LogP contribution in [0.3, 0.4) is 0 Å². The molecule has 1 saturated carbocycles. The summed E-state index contributed by atoms with van der Waals surface area (Å²) in [7, 11) is 0. The number of allylic oxidation sites excluding steroid dienone is 4. The maximum absolute atomic E-state index is 3.57. The SMILES string of the molecule is CCC1=[C-]C(CC)C=C1C(C)(C)C.[Cl-].[Cl-].[Zr+2]=[C]1CCCCC1.c1ccc2c(c1)[cH-]c1ccccc12. The van der Waals surface area contributed by atoms with Crippen molar-refractivity contribution >= 4 is 24.8 Å². The van der Waals surface area contributed by atoms with Crippen LogP contribution >= 0.6 is 0 Å². The Bertz CT molecular complexity index is 1070. The third kappa shape index (κ3) is 9.18. The number of rotatable bonds is 2. The number of hydrogen-bond acceptors (Lipinski definition) is 0. The molecule has 3 aromatic rings. The van der Waals surface area contributed by atoms with Gasteiger partial charge in [0, 0.05) is 0 Å². The summed E-state index contributed by atoms with van der Waals surface area (Å²) in [6.45, 7) is 11.3. The summed E-state index contributed by atoms with van der Waals surface area (Å²) >= 11 is 1.69. The quantitative estimate of drug-likeness (QED) is 0.404. The van der Waals surface area contributed by atoms with E-state index in [9.17, 15) is 0 Å².